The Hall–Kier alpha value is -2.34. The molecule has 0 aromatic heterocycles. The van der Waals surface area contributed by atoms with E-state index < -0.39 is 20.0 Å². The largest absolute Gasteiger partial charge is 0.492 e. The normalized spacial score (nSPS) is 12.0. The number of nitrogens with zero attached hydrogens (tertiary/aromatic N) is 1. The number of benzene rings is 2. The van der Waals surface area contributed by atoms with Gasteiger partial charge in [0.05, 0.1) is 12.5 Å². The molecule has 0 radical (unpaired) electrons. The molecule has 0 saturated heterocycles. The van der Waals surface area contributed by atoms with E-state index in [2.05, 4.69) is 14.3 Å². The fourth-order valence-corrected chi connectivity index (χ4v) is 4.15. The standard InChI is InChI=1S/C21H32N4O5S2/c1-31(26,27)23-19-6-4-18(5-7-19)12-15-25(14-3-13-22)16-17-30-21-10-8-20(9-11-21)24-32(2,28)29/h4-11,23-24H,3,12-17,22H2,1-2H3. The SMILES string of the molecule is CS(=O)(=O)Nc1ccc(CCN(CCCN)CCOc2ccc(NS(C)(=O)=O)cc2)cc1. The fourth-order valence-electron chi connectivity index (χ4n) is 3.02. The first-order valence-corrected chi connectivity index (χ1v) is 14.0. The number of nitrogens with two attached hydrogens (primary N) is 1. The lowest BCUT2D eigenvalue weighted by Crippen LogP contribution is -2.32. The highest BCUT2D eigenvalue weighted by Crippen LogP contribution is 2.16. The Kier molecular flexibility index (Phi) is 9.76. The molecule has 11 heteroatoms. The lowest BCUT2D eigenvalue weighted by Gasteiger charge is -2.22. The van der Waals surface area contributed by atoms with Crippen molar-refractivity contribution in [1.29, 1.82) is 0 Å². The Morgan fingerprint density at radius 3 is 1.84 bits per heavy atom. The summed E-state index contributed by atoms with van der Waals surface area (Å²) >= 11 is 0. The Morgan fingerprint density at radius 2 is 1.34 bits per heavy atom. The summed E-state index contributed by atoms with van der Waals surface area (Å²) in [6.45, 7) is 3.49. The second-order valence-corrected chi connectivity index (χ2v) is 11.0. The Balaban J connectivity index is 1.83. The molecule has 2 aromatic carbocycles. The topological polar surface area (TPSA) is 131 Å². The van der Waals surface area contributed by atoms with Crippen LogP contribution in [0.5, 0.6) is 5.75 Å². The van der Waals surface area contributed by atoms with Gasteiger partial charge in [0.1, 0.15) is 12.4 Å². The van der Waals surface area contributed by atoms with Gasteiger partial charge in [-0.3, -0.25) is 14.3 Å². The van der Waals surface area contributed by atoms with Gasteiger partial charge >= 0.3 is 0 Å². The van der Waals surface area contributed by atoms with Crippen LogP contribution in [0.2, 0.25) is 0 Å². The summed E-state index contributed by atoms with van der Waals surface area (Å²) < 4.78 is 55.8. The third-order valence-electron chi connectivity index (χ3n) is 4.49. The molecule has 32 heavy (non-hydrogen) atoms. The molecule has 0 aliphatic heterocycles. The van der Waals surface area contributed by atoms with Gasteiger partial charge in [0.2, 0.25) is 20.0 Å². The molecule has 0 heterocycles. The van der Waals surface area contributed by atoms with Gasteiger partial charge in [-0.05, 0) is 67.9 Å². The first kappa shape index (κ1) is 25.9. The van der Waals surface area contributed by atoms with E-state index in [1.54, 1.807) is 36.4 Å². The van der Waals surface area contributed by atoms with Crippen molar-refractivity contribution in [2.75, 3.05) is 54.7 Å². The van der Waals surface area contributed by atoms with Gasteiger partial charge in [0.25, 0.3) is 0 Å². The van der Waals surface area contributed by atoms with Crippen LogP contribution in [0.15, 0.2) is 48.5 Å². The van der Waals surface area contributed by atoms with Gasteiger partial charge in [0.15, 0.2) is 0 Å². The summed E-state index contributed by atoms with van der Waals surface area (Å²) in [7, 11) is -6.59. The van der Waals surface area contributed by atoms with Crippen molar-refractivity contribution < 1.29 is 21.6 Å². The average Bonchev–Trinajstić information content (AvgIpc) is 2.70. The van der Waals surface area contributed by atoms with Gasteiger partial charge < -0.3 is 10.5 Å². The zero-order valence-corrected chi connectivity index (χ0v) is 20.1. The van der Waals surface area contributed by atoms with Crippen LogP contribution in [0.4, 0.5) is 11.4 Å². The van der Waals surface area contributed by atoms with Crippen LogP contribution in [-0.2, 0) is 26.5 Å². The second kappa shape index (κ2) is 12.0. The minimum atomic E-state index is -3.30. The minimum absolute atomic E-state index is 0.487. The Bertz CT molecular complexity index is 1040. The molecule has 0 amide bonds. The molecule has 0 atom stereocenters. The number of nitrogens with one attached hydrogen (secondary N) is 2. The third kappa shape index (κ3) is 10.8. The first-order chi connectivity index (χ1) is 15.0. The van der Waals surface area contributed by atoms with E-state index in [9.17, 15) is 16.8 Å². The molecule has 4 N–H and O–H groups in total. The van der Waals surface area contributed by atoms with Crippen molar-refractivity contribution in [1.82, 2.24) is 4.90 Å². The highest BCUT2D eigenvalue weighted by Gasteiger charge is 2.07. The Morgan fingerprint density at radius 1 is 0.812 bits per heavy atom. The number of rotatable bonds is 14. The smallest absolute Gasteiger partial charge is 0.229 e. The van der Waals surface area contributed by atoms with Crippen molar-refractivity contribution in [3.63, 3.8) is 0 Å². The Labute approximate surface area is 191 Å². The molecule has 178 valence electrons. The van der Waals surface area contributed by atoms with Crippen LogP contribution >= 0.6 is 0 Å². The van der Waals surface area contributed by atoms with Gasteiger partial charge in [-0.25, -0.2) is 16.8 Å². The zero-order chi connectivity index (χ0) is 23.6. The van der Waals surface area contributed by atoms with Crippen molar-refractivity contribution in [3.05, 3.63) is 54.1 Å². The summed E-state index contributed by atoms with van der Waals surface area (Å²) in [4.78, 5) is 2.27. The second-order valence-electron chi connectivity index (χ2n) is 7.55. The zero-order valence-electron chi connectivity index (χ0n) is 18.5. The number of anilines is 2. The molecule has 0 bridgehead atoms. The average molecular weight is 485 g/mol. The summed E-state index contributed by atoms with van der Waals surface area (Å²) in [6.07, 6.45) is 3.92. The summed E-state index contributed by atoms with van der Waals surface area (Å²) in [5.41, 5.74) is 7.81. The quantitative estimate of drug-likeness (QED) is 0.372. The molecular formula is C21H32N4O5S2. The molecule has 9 nitrogen and oxygen atoms in total. The molecule has 2 rings (SSSR count). The lowest BCUT2D eigenvalue weighted by atomic mass is 10.1. The van der Waals surface area contributed by atoms with Gasteiger partial charge in [-0.1, -0.05) is 12.1 Å². The van der Waals surface area contributed by atoms with E-state index in [0.29, 0.717) is 30.3 Å². The van der Waals surface area contributed by atoms with E-state index in [1.807, 2.05) is 12.1 Å². The van der Waals surface area contributed by atoms with E-state index in [1.165, 1.54) is 0 Å². The molecule has 0 spiro atoms. The number of hydrogen-bond acceptors (Lipinski definition) is 7. The monoisotopic (exact) mass is 484 g/mol. The molecule has 2 aromatic rings. The molecule has 0 saturated carbocycles. The van der Waals surface area contributed by atoms with Crippen molar-refractivity contribution in [2.45, 2.75) is 12.8 Å². The fraction of sp³-hybridized carbons (Fsp3) is 0.429. The van der Waals surface area contributed by atoms with Crippen LogP contribution < -0.4 is 19.9 Å². The van der Waals surface area contributed by atoms with Gasteiger partial charge in [-0.2, -0.15) is 0 Å². The predicted molar refractivity (Wildman–Crippen MR) is 129 cm³/mol. The summed E-state index contributed by atoms with van der Waals surface area (Å²) in [5, 5.41) is 0. The summed E-state index contributed by atoms with van der Waals surface area (Å²) in [6, 6.07) is 14.1. The molecule has 0 aliphatic carbocycles. The van der Waals surface area contributed by atoms with Gasteiger partial charge in [-0.15, -0.1) is 0 Å². The molecule has 0 unspecified atom stereocenters. The number of sulfonamides is 2. The van der Waals surface area contributed by atoms with E-state index >= 15 is 0 Å². The van der Waals surface area contributed by atoms with E-state index in [4.69, 9.17) is 10.5 Å². The van der Waals surface area contributed by atoms with Crippen LogP contribution in [-0.4, -0.2) is 67.0 Å². The van der Waals surface area contributed by atoms with Crippen LogP contribution in [0.3, 0.4) is 0 Å². The van der Waals surface area contributed by atoms with E-state index in [0.717, 1.165) is 50.6 Å². The van der Waals surface area contributed by atoms with Crippen LogP contribution in [0.1, 0.15) is 12.0 Å². The molecule has 0 fully saturated rings. The maximum absolute atomic E-state index is 11.3. The van der Waals surface area contributed by atoms with Crippen molar-refractivity contribution in [2.24, 2.45) is 5.73 Å². The van der Waals surface area contributed by atoms with Crippen molar-refractivity contribution >= 4 is 31.4 Å². The number of ether oxygens (including phenoxy) is 1. The predicted octanol–water partition coefficient (Wildman–Crippen LogP) is 1.70. The molecular weight excluding hydrogens is 452 g/mol. The lowest BCUT2D eigenvalue weighted by molar-refractivity contribution is 0.209. The highest BCUT2D eigenvalue weighted by molar-refractivity contribution is 7.92. The first-order valence-electron chi connectivity index (χ1n) is 10.2. The summed E-state index contributed by atoms with van der Waals surface area (Å²) in [5.74, 6) is 0.664. The maximum atomic E-state index is 11.3. The van der Waals surface area contributed by atoms with Crippen molar-refractivity contribution in [3.8, 4) is 5.75 Å². The van der Waals surface area contributed by atoms with Crippen LogP contribution in [0, 0.1) is 0 Å². The maximum Gasteiger partial charge on any atom is 0.229 e. The number of hydrogen-bond donors (Lipinski definition) is 3. The highest BCUT2D eigenvalue weighted by atomic mass is 32.2. The molecule has 0 aliphatic rings. The minimum Gasteiger partial charge on any atom is -0.492 e. The van der Waals surface area contributed by atoms with E-state index in [-0.39, 0.29) is 0 Å². The third-order valence-corrected chi connectivity index (χ3v) is 5.70. The van der Waals surface area contributed by atoms with Crippen LogP contribution in [0.25, 0.3) is 0 Å². The van der Waals surface area contributed by atoms with Gasteiger partial charge in [0, 0.05) is 24.5 Å².